The van der Waals surface area contributed by atoms with Crippen LogP contribution >= 0.6 is 0 Å². The lowest BCUT2D eigenvalue weighted by molar-refractivity contribution is 0.0496. The minimum absolute atomic E-state index is 0.0405. The molecule has 3 rings (SSSR count). The SMILES string of the molecule is Cc1cccc(CC(CC(F)(S(=O)(=O)c2ccccc2)S(=O)(=O)c2ccccc2)NC(=O)OC(C)(C)C)c1. The third-order valence-corrected chi connectivity index (χ3v) is 10.7. The third-order valence-electron chi connectivity index (χ3n) is 5.69. The molecule has 1 N–H and O–H groups in total. The van der Waals surface area contributed by atoms with E-state index in [-0.39, 0.29) is 6.42 Å². The molecule has 3 aromatic carbocycles. The normalized spacial score (nSPS) is 13.5. The van der Waals surface area contributed by atoms with Crippen molar-refractivity contribution in [2.75, 3.05) is 0 Å². The molecule has 0 heterocycles. The van der Waals surface area contributed by atoms with Crippen LogP contribution in [0.2, 0.25) is 0 Å². The van der Waals surface area contributed by atoms with Crippen LogP contribution in [0.15, 0.2) is 94.7 Å². The Bertz CT molecular complexity index is 1400. The maximum atomic E-state index is 17.2. The van der Waals surface area contributed by atoms with E-state index in [9.17, 15) is 21.6 Å². The summed E-state index contributed by atoms with van der Waals surface area (Å²) in [7, 11) is -10.2. The zero-order valence-corrected chi connectivity index (χ0v) is 23.4. The number of amides is 1. The lowest BCUT2D eigenvalue weighted by Crippen LogP contribution is -2.50. The number of rotatable bonds is 9. The summed E-state index contributed by atoms with van der Waals surface area (Å²) in [6, 6.07) is 19.0. The van der Waals surface area contributed by atoms with Crippen molar-refractivity contribution in [1.29, 1.82) is 0 Å². The van der Waals surface area contributed by atoms with E-state index in [0.29, 0.717) is 5.56 Å². The first kappa shape index (κ1) is 29.3. The monoisotopic (exact) mass is 561 g/mol. The Kier molecular flexibility index (Phi) is 8.68. The Morgan fingerprint density at radius 3 is 1.79 bits per heavy atom. The Labute approximate surface area is 223 Å². The summed E-state index contributed by atoms with van der Waals surface area (Å²) in [5.41, 5.74) is 0.651. The van der Waals surface area contributed by atoms with Crippen LogP contribution in [0.25, 0.3) is 0 Å². The molecule has 7 nitrogen and oxygen atoms in total. The standard InChI is InChI=1S/C28H32FNO6S2/c1-21-12-11-13-22(18-21)19-23(30-26(31)36-27(2,3)4)20-28(29,37(32,33)24-14-7-5-8-15-24)38(34,35)25-16-9-6-10-17-25/h5-18,23H,19-20H2,1-4H3,(H,30,31). The Morgan fingerprint density at radius 1 is 0.842 bits per heavy atom. The molecule has 38 heavy (non-hydrogen) atoms. The number of halogens is 1. The van der Waals surface area contributed by atoms with Gasteiger partial charge < -0.3 is 10.1 Å². The fraction of sp³-hybridized carbons (Fsp3) is 0.321. The number of alkyl halides is 1. The van der Waals surface area contributed by atoms with Crippen molar-refractivity contribution in [3.8, 4) is 0 Å². The highest BCUT2D eigenvalue weighted by atomic mass is 32.3. The van der Waals surface area contributed by atoms with Crippen LogP contribution in [0, 0.1) is 6.92 Å². The van der Waals surface area contributed by atoms with Crippen molar-refractivity contribution < 1.29 is 30.8 Å². The number of benzene rings is 3. The van der Waals surface area contributed by atoms with E-state index in [0.717, 1.165) is 29.8 Å². The average Bonchev–Trinajstić information content (AvgIpc) is 2.83. The number of ether oxygens (including phenoxy) is 1. The van der Waals surface area contributed by atoms with Crippen LogP contribution in [-0.2, 0) is 30.8 Å². The molecule has 0 radical (unpaired) electrons. The molecule has 0 aliphatic rings. The van der Waals surface area contributed by atoms with E-state index in [2.05, 4.69) is 5.32 Å². The third kappa shape index (κ3) is 6.60. The van der Waals surface area contributed by atoms with E-state index in [1.165, 1.54) is 36.4 Å². The summed E-state index contributed by atoms with van der Waals surface area (Å²) in [5, 5.41) is 2.51. The summed E-state index contributed by atoms with van der Waals surface area (Å²) >= 11 is 0. The van der Waals surface area contributed by atoms with Gasteiger partial charge in [0.1, 0.15) is 5.60 Å². The van der Waals surface area contributed by atoms with Gasteiger partial charge in [0.15, 0.2) is 0 Å². The maximum absolute atomic E-state index is 17.2. The van der Waals surface area contributed by atoms with Gasteiger partial charge in [0, 0.05) is 12.5 Å². The van der Waals surface area contributed by atoms with E-state index >= 15 is 4.39 Å². The number of sulfone groups is 2. The van der Waals surface area contributed by atoms with Crippen molar-refractivity contribution in [2.45, 2.75) is 66.3 Å². The Balaban J connectivity index is 2.15. The summed E-state index contributed by atoms with van der Waals surface area (Å²) < 4.78 is 73.6. The maximum Gasteiger partial charge on any atom is 0.407 e. The van der Waals surface area contributed by atoms with E-state index in [1.54, 1.807) is 39.0 Å². The second kappa shape index (κ2) is 11.2. The second-order valence-electron chi connectivity index (χ2n) is 10.0. The zero-order chi connectivity index (χ0) is 28.2. The predicted molar refractivity (Wildman–Crippen MR) is 144 cm³/mol. The van der Waals surface area contributed by atoms with Gasteiger partial charge in [0.25, 0.3) is 0 Å². The molecule has 204 valence electrons. The summed E-state index contributed by atoms with van der Waals surface area (Å²) in [5.74, 6) is 0. The second-order valence-corrected chi connectivity index (χ2v) is 14.5. The highest BCUT2D eigenvalue weighted by molar-refractivity contribution is 8.10. The van der Waals surface area contributed by atoms with Crippen LogP contribution in [0.5, 0.6) is 0 Å². The number of aryl methyl sites for hydroxylation is 1. The quantitative estimate of drug-likeness (QED) is 0.375. The van der Waals surface area contributed by atoms with Gasteiger partial charge in [-0.15, -0.1) is 0 Å². The minimum Gasteiger partial charge on any atom is -0.444 e. The van der Waals surface area contributed by atoms with Crippen molar-refractivity contribution in [3.63, 3.8) is 0 Å². The summed E-state index contributed by atoms with van der Waals surface area (Å²) in [6.07, 6.45) is -2.04. The number of hydrogen-bond acceptors (Lipinski definition) is 6. The van der Waals surface area contributed by atoms with Gasteiger partial charge in [-0.25, -0.2) is 26.0 Å². The average molecular weight is 562 g/mol. The first-order valence-corrected chi connectivity index (χ1v) is 15.0. The zero-order valence-electron chi connectivity index (χ0n) is 21.7. The molecule has 10 heteroatoms. The fourth-order valence-electron chi connectivity index (χ4n) is 3.98. The molecule has 1 amide bonds. The number of hydrogen-bond donors (Lipinski definition) is 1. The van der Waals surface area contributed by atoms with E-state index < -0.39 is 58.0 Å². The molecule has 0 aliphatic heterocycles. The van der Waals surface area contributed by atoms with Gasteiger partial charge in [0.2, 0.25) is 19.7 Å². The van der Waals surface area contributed by atoms with Gasteiger partial charge in [-0.05, 0) is 63.9 Å². The van der Waals surface area contributed by atoms with Crippen molar-refractivity contribution in [2.24, 2.45) is 0 Å². The topological polar surface area (TPSA) is 107 Å². The van der Waals surface area contributed by atoms with Crippen molar-refractivity contribution >= 4 is 25.8 Å². The molecule has 1 atom stereocenters. The van der Waals surface area contributed by atoms with Crippen molar-refractivity contribution in [1.82, 2.24) is 5.32 Å². The molecule has 0 bridgehead atoms. The van der Waals surface area contributed by atoms with Gasteiger partial charge >= 0.3 is 10.4 Å². The lowest BCUT2D eigenvalue weighted by Gasteiger charge is -2.30. The highest BCUT2D eigenvalue weighted by Gasteiger charge is 2.58. The fourth-order valence-corrected chi connectivity index (χ4v) is 8.29. The molecule has 0 saturated carbocycles. The summed E-state index contributed by atoms with van der Waals surface area (Å²) in [6.45, 7) is 6.77. The molecule has 1 unspecified atom stereocenters. The number of nitrogens with one attached hydrogen (secondary N) is 1. The number of alkyl carbamates (subject to hydrolysis) is 1. The van der Waals surface area contributed by atoms with Gasteiger partial charge in [0.05, 0.1) is 9.79 Å². The smallest absolute Gasteiger partial charge is 0.407 e. The molecular weight excluding hydrogens is 529 g/mol. The molecule has 0 aliphatic carbocycles. The van der Waals surface area contributed by atoms with Crippen LogP contribution in [0.3, 0.4) is 0 Å². The molecule has 0 fully saturated rings. The van der Waals surface area contributed by atoms with Crippen LogP contribution in [-0.4, -0.2) is 38.9 Å². The molecule has 3 aromatic rings. The lowest BCUT2D eigenvalue weighted by atomic mass is 10.0. The number of carbonyl (C=O) groups excluding carboxylic acids is 1. The van der Waals surface area contributed by atoms with Crippen LogP contribution in [0.1, 0.15) is 38.3 Å². The first-order valence-electron chi connectivity index (χ1n) is 12.0. The van der Waals surface area contributed by atoms with Crippen molar-refractivity contribution in [3.05, 3.63) is 96.1 Å². The minimum atomic E-state index is -5.12. The molecular formula is C28H32FNO6S2. The van der Waals surface area contributed by atoms with Gasteiger partial charge in [-0.3, -0.25) is 0 Å². The predicted octanol–water partition coefficient (Wildman–Crippen LogP) is 5.39. The Morgan fingerprint density at radius 2 is 1.34 bits per heavy atom. The first-order chi connectivity index (χ1) is 17.7. The molecule has 0 spiro atoms. The van der Waals surface area contributed by atoms with Crippen LogP contribution < -0.4 is 5.32 Å². The van der Waals surface area contributed by atoms with E-state index in [4.69, 9.17) is 4.74 Å². The molecule has 0 aromatic heterocycles. The van der Waals surface area contributed by atoms with E-state index in [1.807, 2.05) is 13.0 Å². The summed E-state index contributed by atoms with van der Waals surface area (Å²) in [4.78, 5) is 11.7. The Hall–Kier alpha value is -3.24. The highest BCUT2D eigenvalue weighted by Crippen LogP contribution is 2.41. The van der Waals surface area contributed by atoms with Gasteiger partial charge in [-0.1, -0.05) is 66.2 Å². The number of carbonyl (C=O) groups is 1. The van der Waals surface area contributed by atoms with Crippen LogP contribution in [0.4, 0.5) is 9.18 Å². The largest absolute Gasteiger partial charge is 0.444 e. The van der Waals surface area contributed by atoms with Gasteiger partial charge in [-0.2, -0.15) is 0 Å². The molecule has 0 saturated heterocycles.